The standard InChI is InChI=1S/C26H20N6O9S4/c1-2-5-41-31-15(12-9-43-25(27)28-12)20(35)29-17-21(36)32-18(24(39)40)11(7-42-22(17)32)8-44-26-30-16(23(37)38)19(45-26)10-3-4-13(33)14(34)6-10/h1,3-4,6,9,17,22,33-34H,5,7-8H2,(H2,27,28)(H,29,35)(H,37,38)(H,39,40)/b31-15-/t17-,22-/m1/s1. The Bertz CT molecular complexity index is 1830. The number of hydrogen-bond donors (Lipinski definition) is 6. The molecule has 4 heterocycles. The third kappa shape index (κ3) is 6.39. The Morgan fingerprint density at radius 2 is 2.00 bits per heavy atom. The molecule has 2 aliphatic rings. The molecule has 2 aliphatic heterocycles. The minimum Gasteiger partial charge on any atom is -0.504 e. The first kappa shape index (κ1) is 31.6. The zero-order valence-electron chi connectivity index (χ0n) is 22.5. The van der Waals surface area contributed by atoms with Crippen molar-refractivity contribution >= 4 is 80.8 Å². The van der Waals surface area contributed by atoms with Crippen molar-refractivity contribution in [1.82, 2.24) is 20.2 Å². The number of fused-ring (bicyclic) bond motifs is 1. The van der Waals surface area contributed by atoms with Crippen molar-refractivity contribution in [2.75, 3.05) is 23.8 Å². The van der Waals surface area contributed by atoms with Crippen LogP contribution in [0.2, 0.25) is 0 Å². The molecule has 0 saturated carbocycles. The third-order valence-corrected chi connectivity index (χ3v) is 10.6. The second-order valence-electron chi connectivity index (χ2n) is 9.06. The van der Waals surface area contributed by atoms with E-state index >= 15 is 0 Å². The molecule has 1 fully saturated rings. The molecule has 232 valence electrons. The molecular weight excluding hydrogens is 669 g/mol. The number of rotatable bonds is 11. The number of carbonyl (C=O) groups excluding carboxylic acids is 2. The molecule has 0 unspecified atom stereocenters. The van der Waals surface area contributed by atoms with E-state index in [0.29, 0.717) is 15.5 Å². The summed E-state index contributed by atoms with van der Waals surface area (Å²) >= 11 is 4.40. The summed E-state index contributed by atoms with van der Waals surface area (Å²) < 4.78 is 0.306. The number of benzene rings is 1. The fourth-order valence-corrected chi connectivity index (χ4v) is 8.42. The van der Waals surface area contributed by atoms with Gasteiger partial charge in [0.05, 0.1) is 4.88 Å². The van der Waals surface area contributed by atoms with E-state index in [1.165, 1.54) is 35.3 Å². The SMILES string of the molecule is C#CCO/N=C(\C(=O)N[C@@H]1C(=O)N2C(C(=O)O)=C(CSc3nc(C(=O)O)c(-c4ccc(O)c(O)c4)s3)CS[C@H]12)c1csc(N)n1. The number of nitrogen functional groups attached to an aromatic ring is 1. The summed E-state index contributed by atoms with van der Waals surface area (Å²) in [6, 6.07) is 2.80. The molecule has 0 radical (unpaired) electrons. The van der Waals surface area contributed by atoms with Crippen LogP contribution in [0.1, 0.15) is 16.2 Å². The number of carboxylic acids is 2. The lowest BCUT2D eigenvalue weighted by Crippen LogP contribution is -2.71. The number of aromatic carboxylic acids is 1. The molecule has 5 rings (SSSR count). The summed E-state index contributed by atoms with van der Waals surface area (Å²) in [5.41, 5.74) is 5.72. The van der Waals surface area contributed by atoms with E-state index in [-0.39, 0.29) is 56.7 Å². The summed E-state index contributed by atoms with van der Waals surface area (Å²) in [5, 5.41) is 46.4. The first-order valence-electron chi connectivity index (χ1n) is 12.4. The van der Waals surface area contributed by atoms with Crippen molar-refractivity contribution in [2.24, 2.45) is 5.16 Å². The van der Waals surface area contributed by atoms with Gasteiger partial charge in [-0.15, -0.1) is 40.9 Å². The van der Waals surface area contributed by atoms with Gasteiger partial charge in [-0.3, -0.25) is 14.5 Å². The van der Waals surface area contributed by atoms with Crippen LogP contribution in [0.5, 0.6) is 11.5 Å². The predicted molar refractivity (Wildman–Crippen MR) is 166 cm³/mol. The van der Waals surface area contributed by atoms with Crippen LogP contribution in [0.3, 0.4) is 0 Å². The fraction of sp³-hybridized carbons (Fsp3) is 0.192. The van der Waals surface area contributed by atoms with Crippen molar-refractivity contribution in [3.05, 3.63) is 46.2 Å². The normalized spacial score (nSPS) is 17.7. The van der Waals surface area contributed by atoms with Gasteiger partial charge in [-0.25, -0.2) is 19.6 Å². The van der Waals surface area contributed by atoms with Crippen molar-refractivity contribution in [3.63, 3.8) is 0 Å². The number of aromatic nitrogens is 2. The number of carbonyl (C=O) groups is 4. The molecule has 0 aliphatic carbocycles. The zero-order chi connectivity index (χ0) is 32.4. The Hall–Kier alpha value is -4.77. The van der Waals surface area contributed by atoms with Gasteiger partial charge in [0.2, 0.25) is 0 Å². The molecule has 19 heteroatoms. The number of anilines is 1. The molecule has 2 atom stereocenters. The van der Waals surface area contributed by atoms with Crippen LogP contribution >= 0.6 is 46.2 Å². The van der Waals surface area contributed by atoms with Crippen molar-refractivity contribution < 1.29 is 44.4 Å². The van der Waals surface area contributed by atoms with Gasteiger partial charge in [0.15, 0.2) is 39.0 Å². The zero-order valence-corrected chi connectivity index (χ0v) is 25.8. The molecular formula is C26H20N6O9S4. The first-order valence-corrected chi connectivity index (χ1v) is 16.2. The Morgan fingerprint density at radius 1 is 1.22 bits per heavy atom. The maximum Gasteiger partial charge on any atom is 0.356 e. The van der Waals surface area contributed by atoms with E-state index in [4.69, 9.17) is 17.0 Å². The smallest absolute Gasteiger partial charge is 0.356 e. The number of carboxylic acid groups (broad SMARTS) is 2. The number of nitrogens with one attached hydrogen (secondary N) is 1. The number of aromatic hydroxyl groups is 2. The van der Waals surface area contributed by atoms with E-state index in [1.54, 1.807) is 0 Å². The van der Waals surface area contributed by atoms with Gasteiger partial charge >= 0.3 is 11.9 Å². The molecule has 3 aromatic rings. The second kappa shape index (κ2) is 13.1. The second-order valence-corrected chi connectivity index (χ2v) is 13.3. The van der Waals surface area contributed by atoms with Crippen LogP contribution in [0.15, 0.2) is 44.3 Å². The average Bonchev–Trinajstić information content (AvgIpc) is 3.64. The summed E-state index contributed by atoms with van der Waals surface area (Å²) in [5.74, 6) is -2.43. The number of terminal acetylenes is 1. The van der Waals surface area contributed by atoms with E-state index < -0.39 is 40.9 Å². The summed E-state index contributed by atoms with van der Waals surface area (Å²) in [6.45, 7) is -0.223. The van der Waals surface area contributed by atoms with Crippen LogP contribution in [0.25, 0.3) is 10.4 Å². The Kier molecular flexibility index (Phi) is 9.19. The van der Waals surface area contributed by atoms with Crippen LogP contribution in [0, 0.1) is 12.3 Å². The van der Waals surface area contributed by atoms with Crippen molar-refractivity contribution in [2.45, 2.75) is 15.8 Å². The molecule has 7 N–H and O–H groups in total. The van der Waals surface area contributed by atoms with Gasteiger partial charge in [0.25, 0.3) is 11.8 Å². The van der Waals surface area contributed by atoms with Gasteiger partial charge in [0.1, 0.15) is 22.8 Å². The Balaban J connectivity index is 1.32. The number of amides is 2. The highest BCUT2D eigenvalue weighted by Gasteiger charge is 2.54. The number of oxime groups is 1. The molecule has 0 bridgehead atoms. The lowest BCUT2D eigenvalue weighted by molar-refractivity contribution is -0.150. The maximum absolute atomic E-state index is 13.2. The van der Waals surface area contributed by atoms with Gasteiger partial charge in [0, 0.05) is 16.9 Å². The van der Waals surface area contributed by atoms with Gasteiger partial charge in [-0.1, -0.05) is 22.8 Å². The quantitative estimate of drug-likeness (QED) is 0.0321. The highest BCUT2D eigenvalue weighted by atomic mass is 32.2. The van der Waals surface area contributed by atoms with Crippen LogP contribution in [-0.4, -0.2) is 94.3 Å². The lowest BCUT2D eigenvalue weighted by atomic mass is 10.0. The fourth-order valence-electron chi connectivity index (χ4n) is 4.26. The van der Waals surface area contributed by atoms with Gasteiger partial charge in [-0.2, -0.15) is 0 Å². The topological polar surface area (TPSA) is 238 Å². The number of nitrogens with two attached hydrogens (primary N) is 1. The third-order valence-electron chi connectivity index (χ3n) is 6.24. The number of phenolic OH excluding ortho intramolecular Hbond substituents is 2. The highest BCUT2D eigenvalue weighted by molar-refractivity contribution is 8.02. The number of thioether (sulfide) groups is 2. The van der Waals surface area contributed by atoms with Gasteiger partial charge in [-0.05, 0) is 29.3 Å². The number of thiazole rings is 2. The van der Waals surface area contributed by atoms with Crippen molar-refractivity contribution in [3.8, 4) is 34.3 Å². The lowest BCUT2D eigenvalue weighted by Gasteiger charge is -2.49. The molecule has 1 saturated heterocycles. The largest absolute Gasteiger partial charge is 0.504 e. The number of phenols is 2. The molecule has 0 spiro atoms. The molecule has 1 aromatic carbocycles. The highest BCUT2D eigenvalue weighted by Crippen LogP contribution is 2.43. The number of β-lactam (4-membered cyclic amide) rings is 1. The minimum absolute atomic E-state index is 0.0730. The maximum atomic E-state index is 13.2. The molecule has 45 heavy (non-hydrogen) atoms. The number of nitrogens with zero attached hydrogens (tertiary/aromatic N) is 4. The van der Waals surface area contributed by atoms with Crippen LogP contribution < -0.4 is 11.1 Å². The molecule has 15 nitrogen and oxygen atoms in total. The Morgan fingerprint density at radius 3 is 2.64 bits per heavy atom. The predicted octanol–water partition coefficient (Wildman–Crippen LogP) is 1.84. The monoisotopic (exact) mass is 688 g/mol. The summed E-state index contributed by atoms with van der Waals surface area (Å²) in [4.78, 5) is 64.9. The van der Waals surface area contributed by atoms with Crippen molar-refractivity contribution in [1.29, 1.82) is 0 Å². The van der Waals surface area contributed by atoms with E-state index in [9.17, 15) is 39.6 Å². The number of aliphatic carboxylic acids is 1. The van der Waals surface area contributed by atoms with Gasteiger partial charge < -0.3 is 36.3 Å². The average molecular weight is 689 g/mol. The van der Waals surface area contributed by atoms with Crippen LogP contribution in [0.4, 0.5) is 5.13 Å². The molecule has 2 amide bonds. The van der Waals surface area contributed by atoms with Crippen LogP contribution in [-0.2, 0) is 19.2 Å². The number of hydrogen-bond acceptors (Lipinski definition) is 15. The minimum atomic E-state index is -1.34. The molecule has 2 aromatic heterocycles. The summed E-state index contributed by atoms with van der Waals surface area (Å²) in [6.07, 6.45) is 5.17. The summed E-state index contributed by atoms with van der Waals surface area (Å²) in [7, 11) is 0. The first-order chi connectivity index (χ1) is 21.5. The van der Waals surface area contributed by atoms with E-state index in [1.807, 2.05) is 0 Å². The van der Waals surface area contributed by atoms with E-state index in [2.05, 4.69) is 26.4 Å². The van der Waals surface area contributed by atoms with E-state index in [0.717, 1.165) is 39.3 Å². The Labute approximate surface area is 269 Å².